The molecule has 3 rings (SSSR count). The van der Waals surface area contributed by atoms with Gasteiger partial charge in [0.25, 0.3) is 0 Å². The van der Waals surface area contributed by atoms with E-state index in [4.69, 9.17) is 17.2 Å². The van der Waals surface area contributed by atoms with Crippen LogP contribution < -0.4 is 4.90 Å². The average molecular weight is 309 g/mol. The molecule has 0 aliphatic carbocycles. The first kappa shape index (κ1) is 13.8. The summed E-state index contributed by atoms with van der Waals surface area (Å²) in [5.74, 6) is 0.928. The zero-order chi connectivity index (χ0) is 14.1. The largest absolute Gasteiger partial charge is 0.348 e. The van der Waals surface area contributed by atoms with Crippen LogP contribution in [0.15, 0.2) is 0 Å². The van der Waals surface area contributed by atoms with Gasteiger partial charge >= 0.3 is 0 Å². The summed E-state index contributed by atoms with van der Waals surface area (Å²) in [5, 5.41) is 8.43. The number of H-pyrrole nitrogens is 1. The zero-order valence-electron chi connectivity index (χ0n) is 11.8. The molecule has 5 nitrogen and oxygen atoms in total. The molecule has 108 valence electrons. The molecule has 0 aromatic carbocycles. The SMILES string of the molecule is CCc1nc(N2CCCC2)sc1-c1n[nH]c(=S)n1CC. The molecule has 7 heteroatoms. The highest BCUT2D eigenvalue weighted by molar-refractivity contribution is 7.71. The Kier molecular flexibility index (Phi) is 3.89. The van der Waals surface area contributed by atoms with E-state index < -0.39 is 0 Å². The van der Waals surface area contributed by atoms with E-state index >= 15 is 0 Å². The summed E-state index contributed by atoms with van der Waals surface area (Å²) < 4.78 is 2.72. The summed E-state index contributed by atoms with van der Waals surface area (Å²) in [5.41, 5.74) is 1.13. The molecule has 2 aromatic heterocycles. The van der Waals surface area contributed by atoms with Gasteiger partial charge in [0.15, 0.2) is 15.7 Å². The van der Waals surface area contributed by atoms with Gasteiger partial charge in [-0.05, 0) is 38.4 Å². The molecule has 1 saturated heterocycles. The second-order valence-electron chi connectivity index (χ2n) is 4.92. The number of hydrogen-bond donors (Lipinski definition) is 1. The van der Waals surface area contributed by atoms with Crippen LogP contribution in [0.4, 0.5) is 5.13 Å². The van der Waals surface area contributed by atoms with Crippen molar-refractivity contribution in [2.75, 3.05) is 18.0 Å². The molecule has 1 fully saturated rings. The van der Waals surface area contributed by atoms with E-state index in [-0.39, 0.29) is 0 Å². The first-order chi connectivity index (χ1) is 9.74. The number of rotatable bonds is 4. The van der Waals surface area contributed by atoms with Crippen molar-refractivity contribution < 1.29 is 0 Å². The van der Waals surface area contributed by atoms with Gasteiger partial charge < -0.3 is 4.90 Å². The molecule has 2 aromatic rings. The summed E-state index contributed by atoms with van der Waals surface area (Å²) in [6.45, 7) is 7.30. The van der Waals surface area contributed by atoms with Crippen molar-refractivity contribution in [2.24, 2.45) is 0 Å². The van der Waals surface area contributed by atoms with Crippen LogP contribution in [-0.2, 0) is 13.0 Å². The van der Waals surface area contributed by atoms with E-state index in [2.05, 4.69) is 28.9 Å². The predicted molar refractivity (Wildman–Crippen MR) is 85.0 cm³/mol. The molecule has 1 aliphatic rings. The minimum Gasteiger partial charge on any atom is -0.348 e. The van der Waals surface area contributed by atoms with Crippen LogP contribution in [0.3, 0.4) is 0 Å². The summed E-state index contributed by atoms with van der Waals surface area (Å²) in [7, 11) is 0. The monoisotopic (exact) mass is 309 g/mol. The van der Waals surface area contributed by atoms with Crippen LogP contribution in [0, 0.1) is 4.77 Å². The standard InChI is InChI=1S/C13H19N5S2/c1-3-9-10(11-15-16-12(19)18(11)4-2)20-13(14-9)17-7-5-6-8-17/h3-8H2,1-2H3,(H,16,19). The number of anilines is 1. The van der Waals surface area contributed by atoms with Gasteiger partial charge in [0.2, 0.25) is 0 Å². The molecule has 1 N–H and O–H groups in total. The lowest BCUT2D eigenvalue weighted by molar-refractivity contribution is 0.755. The van der Waals surface area contributed by atoms with Crippen LogP contribution >= 0.6 is 23.6 Å². The molecular formula is C13H19N5S2. The smallest absolute Gasteiger partial charge is 0.195 e. The Morgan fingerprint density at radius 3 is 2.70 bits per heavy atom. The molecule has 20 heavy (non-hydrogen) atoms. The predicted octanol–water partition coefficient (Wildman–Crippen LogP) is 3.25. The minimum absolute atomic E-state index is 0.681. The summed E-state index contributed by atoms with van der Waals surface area (Å²) >= 11 is 7.03. The third kappa shape index (κ3) is 2.29. The van der Waals surface area contributed by atoms with Gasteiger partial charge in [0.05, 0.1) is 10.6 Å². The van der Waals surface area contributed by atoms with Gasteiger partial charge in [0, 0.05) is 19.6 Å². The molecule has 3 heterocycles. The van der Waals surface area contributed by atoms with Crippen molar-refractivity contribution >= 4 is 28.7 Å². The van der Waals surface area contributed by atoms with Crippen LogP contribution in [-0.4, -0.2) is 32.8 Å². The van der Waals surface area contributed by atoms with E-state index in [1.54, 1.807) is 11.3 Å². The highest BCUT2D eigenvalue weighted by atomic mass is 32.1. The second kappa shape index (κ2) is 5.65. The molecule has 0 radical (unpaired) electrons. The number of nitrogens with zero attached hydrogens (tertiary/aromatic N) is 4. The average Bonchev–Trinajstić information content (AvgIpc) is 3.16. The van der Waals surface area contributed by atoms with Crippen molar-refractivity contribution in [3.05, 3.63) is 10.5 Å². The Morgan fingerprint density at radius 1 is 1.30 bits per heavy atom. The van der Waals surface area contributed by atoms with Gasteiger partial charge in [0.1, 0.15) is 0 Å². The van der Waals surface area contributed by atoms with Crippen LogP contribution in [0.2, 0.25) is 0 Å². The van der Waals surface area contributed by atoms with Gasteiger partial charge in [-0.3, -0.25) is 9.67 Å². The van der Waals surface area contributed by atoms with Crippen molar-refractivity contribution in [1.82, 2.24) is 19.7 Å². The highest BCUT2D eigenvalue weighted by Gasteiger charge is 2.21. The van der Waals surface area contributed by atoms with E-state index in [0.717, 1.165) is 47.6 Å². The molecule has 0 amide bonds. The fourth-order valence-corrected chi connectivity index (χ4v) is 4.05. The lowest BCUT2D eigenvalue weighted by Gasteiger charge is -2.12. The fraction of sp³-hybridized carbons (Fsp3) is 0.615. The van der Waals surface area contributed by atoms with E-state index in [1.807, 2.05) is 4.57 Å². The van der Waals surface area contributed by atoms with Crippen LogP contribution in [0.5, 0.6) is 0 Å². The zero-order valence-corrected chi connectivity index (χ0v) is 13.5. The quantitative estimate of drug-likeness (QED) is 0.881. The number of aromatic amines is 1. The molecule has 1 aliphatic heterocycles. The summed E-state index contributed by atoms with van der Waals surface area (Å²) in [6, 6.07) is 0. The molecular weight excluding hydrogens is 290 g/mol. The maximum Gasteiger partial charge on any atom is 0.195 e. The van der Waals surface area contributed by atoms with Gasteiger partial charge in [-0.2, -0.15) is 5.10 Å². The Balaban J connectivity index is 2.05. The second-order valence-corrected chi connectivity index (χ2v) is 6.28. The van der Waals surface area contributed by atoms with Crippen molar-refractivity contribution in [3.63, 3.8) is 0 Å². The molecule has 0 unspecified atom stereocenters. The number of aryl methyl sites for hydroxylation is 1. The molecule has 0 saturated carbocycles. The van der Waals surface area contributed by atoms with Crippen molar-refractivity contribution in [1.29, 1.82) is 0 Å². The maximum atomic E-state index is 5.28. The third-order valence-corrected chi connectivity index (χ3v) is 5.14. The van der Waals surface area contributed by atoms with Gasteiger partial charge in [-0.25, -0.2) is 4.98 Å². The lowest BCUT2D eigenvalue weighted by atomic mass is 10.3. The number of thiazole rings is 1. The Bertz CT molecular complexity index is 648. The highest BCUT2D eigenvalue weighted by Crippen LogP contribution is 2.35. The number of aromatic nitrogens is 4. The fourth-order valence-electron chi connectivity index (χ4n) is 2.58. The van der Waals surface area contributed by atoms with E-state index in [0.29, 0.717) is 4.77 Å². The minimum atomic E-state index is 0.681. The number of hydrogen-bond acceptors (Lipinski definition) is 5. The van der Waals surface area contributed by atoms with Gasteiger partial charge in [-0.15, -0.1) is 0 Å². The normalized spacial score (nSPS) is 15.2. The summed E-state index contributed by atoms with van der Waals surface area (Å²) in [4.78, 5) is 8.35. The van der Waals surface area contributed by atoms with Crippen LogP contribution in [0.1, 0.15) is 32.4 Å². The third-order valence-electron chi connectivity index (χ3n) is 3.68. The van der Waals surface area contributed by atoms with Gasteiger partial charge in [-0.1, -0.05) is 18.3 Å². The van der Waals surface area contributed by atoms with Crippen molar-refractivity contribution in [3.8, 4) is 10.7 Å². The molecule has 0 atom stereocenters. The van der Waals surface area contributed by atoms with Crippen LogP contribution in [0.25, 0.3) is 10.7 Å². The molecule has 0 bridgehead atoms. The topological polar surface area (TPSA) is 49.7 Å². The molecule has 0 spiro atoms. The summed E-state index contributed by atoms with van der Waals surface area (Å²) in [6.07, 6.45) is 3.46. The Hall–Kier alpha value is -1.21. The van der Waals surface area contributed by atoms with Crippen molar-refractivity contribution in [2.45, 2.75) is 39.7 Å². The van der Waals surface area contributed by atoms with E-state index in [9.17, 15) is 0 Å². The lowest BCUT2D eigenvalue weighted by Crippen LogP contribution is -2.17. The Morgan fingerprint density at radius 2 is 2.05 bits per heavy atom. The maximum absolute atomic E-state index is 5.28. The Labute approximate surface area is 127 Å². The first-order valence-corrected chi connectivity index (χ1v) is 8.37. The first-order valence-electron chi connectivity index (χ1n) is 7.14. The number of nitrogens with one attached hydrogen (secondary N) is 1. The van der Waals surface area contributed by atoms with E-state index in [1.165, 1.54) is 12.8 Å².